The van der Waals surface area contributed by atoms with Gasteiger partial charge < -0.3 is 10.4 Å². The Morgan fingerprint density at radius 3 is 2.41 bits per heavy atom. The van der Waals surface area contributed by atoms with E-state index in [4.69, 9.17) is 4.55 Å². The number of nitrogens with one attached hydrogen (secondary N) is 4. The average molecular weight is 409 g/mol. The molecule has 0 unspecified atom stereocenters. The van der Waals surface area contributed by atoms with E-state index in [0.717, 1.165) is 17.9 Å². The summed E-state index contributed by atoms with van der Waals surface area (Å²) in [4.78, 5) is 36.5. The lowest BCUT2D eigenvalue weighted by molar-refractivity contribution is -0.134. The Morgan fingerprint density at radius 2 is 1.81 bits per heavy atom. The molecule has 0 saturated carbocycles. The van der Waals surface area contributed by atoms with Crippen LogP contribution in [0.3, 0.4) is 0 Å². The Kier molecular flexibility index (Phi) is 7.32. The molecule has 0 radical (unpaired) electrons. The number of hydrazine groups is 1. The van der Waals surface area contributed by atoms with Gasteiger partial charge in [0.2, 0.25) is 5.91 Å². The summed E-state index contributed by atoms with van der Waals surface area (Å²) in [5.41, 5.74) is 6.61. The molecule has 0 aromatic carbocycles. The predicted molar refractivity (Wildman–Crippen MR) is 89.2 cm³/mol. The SMILES string of the molecule is O=C(NNC(=O)[C@@H]1CC[C@@H](NOS(=O)(=O)O)CN1C(=O)O)[C@@H]1CCCNC1. The van der Waals surface area contributed by atoms with Gasteiger partial charge in [-0.25, -0.2) is 4.79 Å². The van der Waals surface area contributed by atoms with E-state index in [1.807, 2.05) is 5.48 Å². The van der Waals surface area contributed by atoms with Crippen molar-refractivity contribution in [3.8, 4) is 0 Å². The first kappa shape index (κ1) is 21.3. The lowest BCUT2D eigenvalue weighted by atomic mass is 9.98. The van der Waals surface area contributed by atoms with Crippen LogP contribution in [0.2, 0.25) is 0 Å². The zero-order valence-electron chi connectivity index (χ0n) is 14.4. The van der Waals surface area contributed by atoms with E-state index >= 15 is 0 Å². The van der Waals surface area contributed by atoms with Crippen molar-refractivity contribution in [3.63, 3.8) is 0 Å². The summed E-state index contributed by atoms with van der Waals surface area (Å²) in [6.45, 7) is 1.10. The summed E-state index contributed by atoms with van der Waals surface area (Å²) in [5.74, 6) is -1.31. The summed E-state index contributed by atoms with van der Waals surface area (Å²) >= 11 is 0. The van der Waals surface area contributed by atoms with Crippen molar-refractivity contribution in [1.29, 1.82) is 0 Å². The van der Waals surface area contributed by atoms with Gasteiger partial charge >= 0.3 is 16.5 Å². The zero-order chi connectivity index (χ0) is 20.0. The predicted octanol–water partition coefficient (Wildman–Crippen LogP) is -2.03. The van der Waals surface area contributed by atoms with Crippen molar-refractivity contribution in [2.24, 2.45) is 5.92 Å². The van der Waals surface area contributed by atoms with Crippen LogP contribution in [-0.4, -0.2) is 72.6 Å². The molecule has 3 atom stereocenters. The number of carboxylic acid groups (broad SMARTS) is 1. The van der Waals surface area contributed by atoms with Crippen LogP contribution >= 0.6 is 0 Å². The van der Waals surface area contributed by atoms with E-state index in [1.54, 1.807) is 0 Å². The van der Waals surface area contributed by atoms with Crippen LogP contribution in [0.15, 0.2) is 0 Å². The number of nitrogens with zero attached hydrogens (tertiary/aromatic N) is 1. The van der Waals surface area contributed by atoms with Gasteiger partial charge in [0.25, 0.3) is 5.91 Å². The maximum absolute atomic E-state index is 12.3. The van der Waals surface area contributed by atoms with Crippen LogP contribution < -0.4 is 21.6 Å². The molecule has 2 heterocycles. The average Bonchev–Trinajstić information content (AvgIpc) is 2.64. The first-order valence-corrected chi connectivity index (χ1v) is 9.75. The molecule has 2 aliphatic heterocycles. The lowest BCUT2D eigenvalue weighted by Crippen LogP contribution is -2.60. The number of hydrogen-bond acceptors (Lipinski definition) is 8. The molecular weight excluding hydrogens is 386 g/mol. The zero-order valence-corrected chi connectivity index (χ0v) is 15.2. The van der Waals surface area contributed by atoms with Gasteiger partial charge in [0.1, 0.15) is 6.04 Å². The van der Waals surface area contributed by atoms with E-state index in [9.17, 15) is 27.9 Å². The number of rotatable bonds is 5. The van der Waals surface area contributed by atoms with Gasteiger partial charge in [0.05, 0.1) is 12.0 Å². The van der Waals surface area contributed by atoms with Crippen molar-refractivity contribution in [2.75, 3.05) is 19.6 Å². The van der Waals surface area contributed by atoms with Crippen LogP contribution in [0.4, 0.5) is 4.79 Å². The fourth-order valence-electron chi connectivity index (χ4n) is 3.06. The normalized spacial score (nSPS) is 26.3. The summed E-state index contributed by atoms with van der Waals surface area (Å²) in [7, 11) is -4.73. The standard InChI is InChI=1S/C13H23N5O8S/c19-11(8-2-1-5-14-6-8)15-16-12(20)10-4-3-9(7-18(10)13(21)22)17-26-27(23,24)25/h8-10,14,17H,1-7H2,(H,15,19)(H,16,20)(H,21,22)(H,23,24,25)/t8-,9-,10+/m1/s1. The molecule has 6 N–H and O–H groups in total. The molecule has 13 nitrogen and oxygen atoms in total. The van der Waals surface area contributed by atoms with Gasteiger partial charge in [0.15, 0.2) is 0 Å². The Bertz CT molecular complexity index is 666. The number of piperidine rings is 2. The maximum Gasteiger partial charge on any atom is 0.413 e. The first-order chi connectivity index (χ1) is 12.7. The van der Waals surface area contributed by atoms with Crippen LogP contribution in [0.5, 0.6) is 0 Å². The third kappa shape index (κ3) is 6.59. The second-order valence-corrected chi connectivity index (χ2v) is 7.40. The van der Waals surface area contributed by atoms with Crippen LogP contribution in [0, 0.1) is 5.92 Å². The Morgan fingerprint density at radius 1 is 1.11 bits per heavy atom. The molecule has 3 amide bonds. The second-order valence-electron chi connectivity index (χ2n) is 6.38. The topological polar surface area (TPSA) is 186 Å². The molecule has 0 aromatic heterocycles. The number of carbonyl (C=O) groups excluding carboxylic acids is 2. The molecule has 0 spiro atoms. The van der Waals surface area contributed by atoms with Gasteiger partial charge in [-0.05, 0) is 32.2 Å². The molecule has 154 valence electrons. The molecule has 2 rings (SSSR count). The largest absolute Gasteiger partial charge is 0.465 e. The van der Waals surface area contributed by atoms with Gasteiger partial charge in [-0.1, -0.05) is 0 Å². The molecule has 0 bridgehead atoms. The molecule has 2 saturated heterocycles. The quantitative estimate of drug-likeness (QED) is 0.218. The maximum atomic E-state index is 12.3. The van der Waals surface area contributed by atoms with Gasteiger partial charge in [-0.15, -0.1) is 0 Å². The van der Waals surface area contributed by atoms with Crippen LogP contribution in [-0.2, 0) is 24.3 Å². The lowest BCUT2D eigenvalue weighted by Gasteiger charge is -2.36. The summed E-state index contributed by atoms with van der Waals surface area (Å²) in [5, 5.41) is 12.4. The highest BCUT2D eigenvalue weighted by Crippen LogP contribution is 2.18. The number of carbonyl (C=O) groups is 3. The van der Waals surface area contributed by atoms with Crippen molar-refractivity contribution >= 4 is 28.3 Å². The van der Waals surface area contributed by atoms with E-state index < -0.39 is 34.5 Å². The minimum absolute atomic E-state index is 0.0610. The van der Waals surface area contributed by atoms with Crippen molar-refractivity contribution in [1.82, 2.24) is 26.5 Å². The fourth-order valence-corrected chi connectivity index (χ4v) is 3.32. The number of hydroxylamine groups is 1. The van der Waals surface area contributed by atoms with Gasteiger partial charge in [-0.3, -0.25) is 29.9 Å². The fraction of sp³-hybridized carbons (Fsp3) is 0.769. The second kappa shape index (κ2) is 9.27. The van der Waals surface area contributed by atoms with E-state index in [0.29, 0.717) is 13.0 Å². The van der Waals surface area contributed by atoms with Gasteiger partial charge in [0, 0.05) is 13.1 Å². The number of likely N-dealkylation sites (tertiary alicyclic amines) is 1. The highest BCUT2D eigenvalue weighted by atomic mass is 32.3. The van der Waals surface area contributed by atoms with E-state index in [-0.39, 0.29) is 31.2 Å². The molecule has 2 aliphatic rings. The van der Waals surface area contributed by atoms with E-state index in [1.165, 1.54) is 0 Å². The minimum Gasteiger partial charge on any atom is -0.465 e. The van der Waals surface area contributed by atoms with Crippen LogP contribution in [0.1, 0.15) is 25.7 Å². The Hall–Kier alpha value is -2.00. The molecule has 14 heteroatoms. The number of hydrogen-bond donors (Lipinski definition) is 6. The third-order valence-corrected chi connectivity index (χ3v) is 4.73. The van der Waals surface area contributed by atoms with Crippen molar-refractivity contribution < 1.29 is 36.7 Å². The highest BCUT2D eigenvalue weighted by Gasteiger charge is 2.37. The molecule has 27 heavy (non-hydrogen) atoms. The van der Waals surface area contributed by atoms with Gasteiger partial charge in [-0.2, -0.15) is 18.2 Å². The summed E-state index contributed by atoms with van der Waals surface area (Å²) in [6, 6.07) is -1.80. The Balaban J connectivity index is 1.87. The minimum atomic E-state index is -4.73. The Labute approximate surface area is 155 Å². The summed E-state index contributed by atoms with van der Waals surface area (Å²) in [6.07, 6.45) is 0.419. The van der Waals surface area contributed by atoms with Crippen LogP contribution in [0.25, 0.3) is 0 Å². The monoisotopic (exact) mass is 409 g/mol. The molecular formula is C13H23N5O8S. The summed E-state index contributed by atoms with van der Waals surface area (Å²) < 4.78 is 33.7. The molecule has 0 aromatic rings. The number of amides is 3. The third-order valence-electron chi connectivity index (χ3n) is 4.43. The smallest absolute Gasteiger partial charge is 0.413 e. The molecule has 2 fully saturated rings. The first-order valence-electron chi connectivity index (χ1n) is 8.39. The highest BCUT2D eigenvalue weighted by molar-refractivity contribution is 7.80. The van der Waals surface area contributed by atoms with Crippen molar-refractivity contribution in [2.45, 2.75) is 37.8 Å². The van der Waals surface area contributed by atoms with Crippen molar-refractivity contribution in [3.05, 3.63) is 0 Å². The molecule has 0 aliphatic carbocycles. The van der Waals surface area contributed by atoms with E-state index in [2.05, 4.69) is 20.5 Å².